The Kier molecular flexibility index (Phi) is 4.27. The summed E-state index contributed by atoms with van der Waals surface area (Å²) in [6, 6.07) is 3.08. The lowest BCUT2D eigenvalue weighted by Crippen LogP contribution is -2.45. The van der Waals surface area contributed by atoms with Crippen LogP contribution in [0.15, 0.2) is 35.5 Å². The number of hydrogen-bond donors (Lipinski definition) is 1. The number of nitrogens with one attached hydrogen (secondary N) is 1. The zero-order valence-corrected chi connectivity index (χ0v) is 13.1. The van der Waals surface area contributed by atoms with Gasteiger partial charge in [-0.2, -0.15) is 22.5 Å². The van der Waals surface area contributed by atoms with E-state index in [1.165, 1.54) is 10.6 Å². The third-order valence-electron chi connectivity index (χ3n) is 3.66. The molecular weight excluding hydrogens is 306 g/mol. The summed E-state index contributed by atoms with van der Waals surface area (Å²) in [4.78, 5) is 3.85. The van der Waals surface area contributed by atoms with Crippen LogP contribution in [0.5, 0.6) is 0 Å². The Labute approximate surface area is 129 Å². The summed E-state index contributed by atoms with van der Waals surface area (Å²) >= 11 is 0. The van der Waals surface area contributed by atoms with Crippen molar-refractivity contribution >= 4 is 10.2 Å². The van der Waals surface area contributed by atoms with Crippen molar-refractivity contribution in [1.82, 2.24) is 23.8 Å². The van der Waals surface area contributed by atoms with Crippen LogP contribution < -0.4 is 4.72 Å². The molecule has 0 spiro atoms. The van der Waals surface area contributed by atoms with Crippen molar-refractivity contribution in [3.8, 4) is 0 Å². The van der Waals surface area contributed by atoms with Gasteiger partial charge in [-0.1, -0.05) is 0 Å². The first-order valence-electron chi connectivity index (χ1n) is 7.21. The minimum atomic E-state index is -3.58. The number of hydrogen-bond acceptors (Lipinski definition) is 5. The highest BCUT2D eigenvalue weighted by Crippen LogP contribution is 2.33. The largest absolute Gasteiger partial charge is 0.468 e. The standard InChI is InChI=1S/C13H19N5O3S/c1-11(8-17-10-14-9-15-17)16-22(19,20)18-6-2-4-12(18)13-5-3-7-21-13/h3,5,7,9-12,16H,2,4,6,8H2,1H3. The van der Waals surface area contributed by atoms with E-state index >= 15 is 0 Å². The monoisotopic (exact) mass is 325 g/mol. The lowest BCUT2D eigenvalue weighted by Gasteiger charge is -2.25. The van der Waals surface area contributed by atoms with Crippen molar-refractivity contribution in [2.75, 3.05) is 6.54 Å². The summed E-state index contributed by atoms with van der Waals surface area (Å²) in [5.41, 5.74) is 0. The second-order valence-electron chi connectivity index (χ2n) is 5.43. The second kappa shape index (κ2) is 6.19. The molecule has 8 nitrogen and oxygen atoms in total. The van der Waals surface area contributed by atoms with E-state index in [4.69, 9.17) is 4.42 Å². The van der Waals surface area contributed by atoms with Gasteiger partial charge in [-0.3, -0.25) is 4.68 Å². The molecule has 0 saturated carbocycles. The third kappa shape index (κ3) is 3.21. The molecule has 2 unspecified atom stereocenters. The van der Waals surface area contributed by atoms with E-state index in [1.807, 2.05) is 6.07 Å². The van der Waals surface area contributed by atoms with Gasteiger partial charge in [0.1, 0.15) is 18.4 Å². The van der Waals surface area contributed by atoms with Crippen LogP contribution in [0.1, 0.15) is 31.6 Å². The zero-order chi connectivity index (χ0) is 15.6. The Balaban J connectivity index is 1.69. The Hall–Kier alpha value is -1.71. The van der Waals surface area contributed by atoms with E-state index in [0.717, 1.165) is 12.8 Å². The van der Waals surface area contributed by atoms with Crippen molar-refractivity contribution in [2.24, 2.45) is 0 Å². The molecule has 0 bridgehead atoms. The lowest BCUT2D eigenvalue weighted by atomic mass is 10.2. The van der Waals surface area contributed by atoms with Gasteiger partial charge in [-0.15, -0.1) is 0 Å². The van der Waals surface area contributed by atoms with Gasteiger partial charge in [0, 0.05) is 12.6 Å². The van der Waals surface area contributed by atoms with Gasteiger partial charge in [0.25, 0.3) is 10.2 Å². The van der Waals surface area contributed by atoms with Crippen LogP contribution in [-0.4, -0.2) is 40.1 Å². The maximum Gasteiger partial charge on any atom is 0.280 e. The quantitative estimate of drug-likeness (QED) is 0.853. The number of furan rings is 1. The van der Waals surface area contributed by atoms with Gasteiger partial charge in [-0.25, -0.2) is 4.98 Å². The van der Waals surface area contributed by atoms with Crippen molar-refractivity contribution < 1.29 is 12.8 Å². The maximum atomic E-state index is 12.6. The Morgan fingerprint density at radius 3 is 3.09 bits per heavy atom. The fourth-order valence-electron chi connectivity index (χ4n) is 2.76. The zero-order valence-electron chi connectivity index (χ0n) is 12.3. The topological polar surface area (TPSA) is 93.3 Å². The highest BCUT2D eigenvalue weighted by molar-refractivity contribution is 7.87. The summed E-state index contributed by atoms with van der Waals surface area (Å²) in [6.07, 6.45) is 6.15. The van der Waals surface area contributed by atoms with E-state index in [0.29, 0.717) is 18.8 Å². The Morgan fingerprint density at radius 1 is 1.55 bits per heavy atom. The molecular formula is C13H19N5O3S. The molecule has 9 heteroatoms. The fraction of sp³-hybridized carbons (Fsp3) is 0.538. The Bertz CT molecular complexity index is 683. The summed E-state index contributed by atoms with van der Waals surface area (Å²) in [6.45, 7) is 2.73. The normalized spacial score (nSPS) is 21.2. The molecule has 0 amide bonds. The molecule has 3 rings (SSSR count). The first-order chi connectivity index (χ1) is 10.6. The van der Waals surface area contributed by atoms with Gasteiger partial charge in [-0.05, 0) is 31.9 Å². The van der Waals surface area contributed by atoms with Crippen LogP contribution in [0.4, 0.5) is 0 Å². The van der Waals surface area contributed by atoms with Crippen LogP contribution in [0.3, 0.4) is 0 Å². The third-order valence-corrected chi connectivity index (χ3v) is 5.42. The SMILES string of the molecule is CC(Cn1cncn1)NS(=O)(=O)N1CCCC1c1ccco1. The van der Waals surface area contributed by atoms with Crippen molar-refractivity contribution in [1.29, 1.82) is 0 Å². The van der Waals surface area contributed by atoms with E-state index in [1.54, 1.807) is 30.3 Å². The van der Waals surface area contributed by atoms with Gasteiger partial charge < -0.3 is 4.42 Å². The number of nitrogens with zero attached hydrogens (tertiary/aromatic N) is 4. The van der Waals surface area contributed by atoms with Crippen LogP contribution >= 0.6 is 0 Å². The molecule has 22 heavy (non-hydrogen) atoms. The minimum Gasteiger partial charge on any atom is -0.468 e. The van der Waals surface area contributed by atoms with Crippen molar-refractivity contribution in [3.05, 3.63) is 36.8 Å². The van der Waals surface area contributed by atoms with Crippen molar-refractivity contribution in [3.63, 3.8) is 0 Å². The first kappa shape index (κ1) is 15.2. The molecule has 0 aromatic carbocycles. The molecule has 0 radical (unpaired) electrons. The van der Waals surface area contributed by atoms with E-state index in [2.05, 4.69) is 14.8 Å². The molecule has 0 aliphatic carbocycles. The second-order valence-corrected chi connectivity index (χ2v) is 7.08. The number of rotatable bonds is 6. The van der Waals surface area contributed by atoms with E-state index in [-0.39, 0.29) is 12.1 Å². The summed E-state index contributed by atoms with van der Waals surface area (Å²) in [5.74, 6) is 0.687. The summed E-state index contributed by atoms with van der Waals surface area (Å²) < 4.78 is 36.4. The predicted octanol–water partition coefficient (Wildman–Crippen LogP) is 0.931. The molecule has 3 heterocycles. The molecule has 1 N–H and O–H groups in total. The van der Waals surface area contributed by atoms with Crippen molar-refractivity contribution in [2.45, 2.75) is 38.4 Å². The average molecular weight is 325 g/mol. The first-order valence-corrected chi connectivity index (χ1v) is 8.65. The average Bonchev–Trinajstić information content (AvgIpc) is 3.20. The summed E-state index contributed by atoms with van der Waals surface area (Å²) in [5, 5.41) is 3.98. The maximum absolute atomic E-state index is 12.6. The number of aromatic nitrogens is 3. The lowest BCUT2D eigenvalue weighted by molar-refractivity contribution is 0.331. The van der Waals surface area contributed by atoms with E-state index < -0.39 is 10.2 Å². The molecule has 1 saturated heterocycles. The molecule has 120 valence electrons. The fourth-order valence-corrected chi connectivity index (χ4v) is 4.39. The van der Waals surface area contributed by atoms with Crippen LogP contribution in [0.2, 0.25) is 0 Å². The van der Waals surface area contributed by atoms with Gasteiger partial charge >= 0.3 is 0 Å². The van der Waals surface area contributed by atoms with E-state index in [9.17, 15) is 8.42 Å². The van der Waals surface area contributed by atoms with Crippen LogP contribution in [0, 0.1) is 0 Å². The molecule has 1 aliphatic rings. The minimum absolute atomic E-state index is 0.230. The predicted molar refractivity (Wildman–Crippen MR) is 78.9 cm³/mol. The highest BCUT2D eigenvalue weighted by atomic mass is 32.2. The summed E-state index contributed by atoms with van der Waals surface area (Å²) in [7, 11) is -3.58. The Morgan fingerprint density at radius 2 is 2.41 bits per heavy atom. The molecule has 2 atom stereocenters. The van der Waals surface area contributed by atoms with Gasteiger partial charge in [0.2, 0.25) is 0 Å². The molecule has 1 aliphatic heterocycles. The smallest absolute Gasteiger partial charge is 0.280 e. The van der Waals surface area contributed by atoms with Gasteiger partial charge in [0.05, 0.1) is 18.8 Å². The highest BCUT2D eigenvalue weighted by Gasteiger charge is 2.37. The molecule has 2 aromatic rings. The molecule has 2 aromatic heterocycles. The van der Waals surface area contributed by atoms with Crippen LogP contribution in [0.25, 0.3) is 0 Å². The van der Waals surface area contributed by atoms with Gasteiger partial charge in [0.15, 0.2) is 0 Å². The molecule has 1 fully saturated rings. The van der Waals surface area contributed by atoms with Crippen LogP contribution in [-0.2, 0) is 16.8 Å².